The van der Waals surface area contributed by atoms with E-state index in [0.29, 0.717) is 17.4 Å². The molecule has 26 heavy (non-hydrogen) atoms. The summed E-state index contributed by atoms with van der Waals surface area (Å²) in [6.45, 7) is 4.77. The highest BCUT2D eigenvalue weighted by Crippen LogP contribution is 2.35. The van der Waals surface area contributed by atoms with Crippen LogP contribution >= 0.6 is 23.4 Å². The smallest absolute Gasteiger partial charge is 0.156 e. The lowest BCUT2D eigenvalue weighted by Gasteiger charge is -2.12. The van der Waals surface area contributed by atoms with E-state index in [1.807, 2.05) is 47.2 Å². The van der Waals surface area contributed by atoms with Gasteiger partial charge in [0.05, 0.1) is 12.2 Å². The van der Waals surface area contributed by atoms with Crippen LogP contribution in [-0.2, 0) is 6.54 Å². The van der Waals surface area contributed by atoms with Crippen molar-refractivity contribution in [3.05, 3.63) is 70.9 Å². The molecule has 3 rings (SSSR count). The predicted molar refractivity (Wildman–Crippen MR) is 105 cm³/mol. The minimum atomic E-state index is 0.220. The van der Waals surface area contributed by atoms with Crippen molar-refractivity contribution in [3.63, 3.8) is 0 Å². The number of pyridine rings is 1. The van der Waals surface area contributed by atoms with Gasteiger partial charge in [0.1, 0.15) is 11.2 Å². The number of benzene rings is 1. The zero-order valence-corrected chi connectivity index (χ0v) is 16.1. The number of hydrogen-bond acceptors (Lipinski definition) is 5. The van der Waals surface area contributed by atoms with Crippen molar-refractivity contribution in [1.82, 2.24) is 14.5 Å². The molecule has 0 atom stereocenters. The fourth-order valence-corrected chi connectivity index (χ4v) is 4.04. The molecule has 2 heterocycles. The summed E-state index contributed by atoms with van der Waals surface area (Å²) in [7, 11) is 0. The summed E-state index contributed by atoms with van der Waals surface area (Å²) in [5.74, 6) is 0.822. The van der Waals surface area contributed by atoms with Crippen LogP contribution in [0.25, 0.3) is 0 Å². The zero-order valence-electron chi connectivity index (χ0n) is 14.5. The van der Waals surface area contributed by atoms with Crippen molar-refractivity contribution in [2.75, 3.05) is 0 Å². The Morgan fingerprint density at radius 3 is 2.81 bits per heavy atom. The van der Waals surface area contributed by atoms with Crippen LogP contribution in [0.4, 0.5) is 0 Å². The first-order valence-corrected chi connectivity index (χ1v) is 9.38. The number of aromatic nitrogens is 3. The molecule has 0 aliphatic rings. The molecule has 5 nitrogen and oxygen atoms in total. The number of hydrogen-bond donors (Lipinski definition) is 1. The SMILES string of the molecule is CC(C)c1nc(/C=N/O)n(Cc2cccnc2)c1Sc1cccc(Cl)c1. The third-order valence-electron chi connectivity index (χ3n) is 3.77. The minimum absolute atomic E-state index is 0.220. The van der Waals surface area contributed by atoms with Gasteiger partial charge in [-0.3, -0.25) is 4.98 Å². The van der Waals surface area contributed by atoms with Crippen molar-refractivity contribution < 1.29 is 5.21 Å². The highest BCUT2D eigenvalue weighted by molar-refractivity contribution is 7.99. The summed E-state index contributed by atoms with van der Waals surface area (Å²) < 4.78 is 2.04. The number of nitrogens with zero attached hydrogens (tertiary/aromatic N) is 4. The number of rotatable bonds is 6. The molecule has 0 saturated carbocycles. The van der Waals surface area contributed by atoms with Gasteiger partial charge in [0, 0.05) is 22.3 Å². The third-order valence-corrected chi connectivity index (χ3v) is 5.12. The Kier molecular flexibility index (Phi) is 5.96. The molecule has 0 unspecified atom stereocenters. The van der Waals surface area contributed by atoms with Gasteiger partial charge in [-0.25, -0.2) is 4.98 Å². The fourth-order valence-electron chi connectivity index (χ4n) is 2.58. The molecule has 1 N–H and O–H groups in total. The lowest BCUT2D eigenvalue weighted by molar-refractivity contribution is 0.321. The van der Waals surface area contributed by atoms with E-state index in [-0.39, 0.29) is 5.92 Å². The third kappa shape index (κ3) is 4.26. The molecule has 3 aromatic rings. The Balaban J connectivity index is 2.09. The van der Waals surface area contributed by atoms with Gasteiger partial charge in [-0.15, -0.1) is 0 Å². The maximum absolute atomic E-state index is 9.05. The van der Waals surface area contributed by atoms with Gasteiger partial charge in [-0.1, -0.05) is 54.5 Å². The predicted octanol–water partition coefficient (Wildman–Crippen LogP) is 5.06. The molecule has 0 saturated heterocycles. The van der Waals surface area contributed by atoms with Gasteiger partial charge in [0.2, 0.25) is 0 Å². The van der Waals surface area contributed by atoms with Crippen LogP contribution < -0.4 is 0 Å². The second kappa shape index (κ2) is 8.38. The van der Waals surface area contributed by atoms with E-state index >= 15 is 0 Å². The van der Waals surface area contributed by atoms with E-state index in [4.69, 9.17) is 21.8 Å². The van der Waals surface area contributed by atoms with Gasteiger partial charge in [-0.2, -0.15) is 0 Å². The summed E-state index contributed by atoms with van der Waals surface area (Å²) in [6, 6.07) is 11.6. The normalized spacial score (nSPS) is 11.5. The Labute approximate surface area is 161 Å². The first-order valence-electron chi connectivity index (χ1n) is 8.18. The molecular formula is C19H19ClN4OS. The lowest BCUT2D eigenvalue weighted by Crippen LogP contribution is -2.06. The van der Waals surface area contributed by atoms with E-state index in [1.54, 1.807) is 18.0 Å². The number of halogens is 1. The second-order valence-corrected chi connectivity index (χ2v) is 7.57. The van der Waals surface area contributed by atoms with Crippen molar-refractivity contribution in [3.8, 4) is 0 Å². The van der Waals surface area contributed by atoms with Crippen LogP contribution in [0.3, 0.4) is 0 Å². The number of imidazole rings is 1. The molecule has 7 heteroatoms. The lowest BCUT2D eigenvalue weighted by atomic mass is 10.1. The van der Waals surface area contributed by atoms with Crippen LogP contribution in [0.15, 0.2) is 63.9 Å². The van der Waals surface area contributed by atoms with Gasteiger partial charge in [0.15, 0.2) is 5.82 Å². The highest BCUT2D eigenvalue weighted by Gasteiger charge is 2.20. The van der Waals surface area contributed by atoms with Crippen LogP contribution in [0.2, 0.25) is 5.02 Å². The highest BCUT2D eigenvalue weighted by atomic mass is 35.5. The molecule has 0 aliphatic heterocycles. The molecular weight excluding hydrogens is 368 g/mol. The van der Waals surface area contributed by atoms with Crippen LogP contribution in [0, 0.1) is 0 Å². The van der Waals surface area contributed by atoms with Crippen molar-refractivity contribution in [2.45, 2.75) is 36.2 Å². The fraction of sp³-hybridized carbons (Fsp3) is 0.211. The largest absolute Gasteiger partial charge is 0.411 e. The maximum atomic E-state index is 9.05. The molecule has 0 aliphatic carbocycles. The van der Waals surface area contributed by atoms with E-state index < -0.39 is 0 Å². The monoisotopic (exact) mass is 386 g/mol. The van der Waals surface area contributed by atoms with Gasteiger partial charge < -0.3 is 9.77 Å². The first kappa shape index (κ1) is 18.5. The topological polar surface area (TPSA) is 63.3 Å². The van der Waals surface area contributed by atoms with Gasteiger partial charge in [0.25, 0.3) is 0 Å². The quantitative estimate of drug-likeness (QED) is 0.365. The molecule has 134 valence electrons. The standard InChI is InChI=1S/C19H19ClN4OS/c1-13(2)18-19(26-16-7-3-6-15(20)9-16)24(17(23-18)11-22-25)12-14-5-4-8-21-10-14/h3-11,13,25H,12H2,1-2H3/b22-11+. The summed E-state index contributed by atoms with van der Waals surface area (Å²) in [5, 5.41) is 13.9. The minimum Gasteiger partial charge on any atom is -0.411 e. The van der Waals surface area contributed by atoms with Crippen molar-refractivity contribution in [1.29, 1.82) is 0 Å². The summed E-state index contributed by atoms with van der Waals surface area (Å²) in [5.41, 5.74) is 1.99. The Bertz CT molecular complexity index is 909. The zero-order chi connectivity index (χ0) is 18.5. The molecule has 0 amide bonds. The molecule has 0 spiro atoms. The summed E-state index contributed by atoms with van der Waals surface area (Å²) in [6.07, 6.45) is 4.93. The average molecular weight is 387 g/mol. The average Bonchev–Trinajstić information content (AvgIpc) is 2.94. The van der Waals surface area contributed by atoms with Crippen LogP contribution in [0.1, 0.15) is 36.8 Å². The molecule has 0 bridgehead atoms. The Morgan fingerprint density at radius 2 is 2.15 bits per heavy atom. The Morgan fingerprint density at radius 1 is 1.31 bits per heavy atom. The van der Waals surface area contributed by atoms with E-state index in [9.17, 15) is 0 Å². The summed E-state index contributed by atoms with van der Waals surface area (Å²) >= 11 is 7.74. The number of oxime groups is 1. The molecule has 0 fully saturated rings. The second-order valence-electron chi connectivity index (χ2n) is 6.07. The summed E-state index contributed by atoms with van der Waals surface area (Å²) in [4.78, 5) is 9.90. The van der Waals surface area contributed by atoms with Gasteiger partial charge >= 0.3 is 0 Å². The van der Waals surface area contributed by atoms with E-state index in [0.717, 1.165) is 21.2 Å². The van der Waals surface area contributed by atoms with Crippen molar-refractivity contribution in [2.24, 2.45) is 5.16 Å². The first-order chi connectivity index (χ1) is 12.6. The molecule has 1 aromatic carbocycles. The van der Waals surface area contributed by atoms with Crippen LogP contribution in [0.5, 0.6) is 0 Å². The van der Waals surface area contributed by atoms with E-state index in [1.165, 1.54) is 6.21 Å². The van der Waals surface area contributed by atoms with Gasteiger partial charge in [-0.05, 0) is 35.7 Å². The van der Waals surface area contributed by atoms with Crippen molar-refractivity contribution >= 4 is 29.6 Å². The molecule has 0 radical (unpaired) electrons. The van der Waals surface area contributed by atoms with Crippen LogP contribution in [-0.4, -0.2) is 26.0 Å². The Hall–Kier alpha value is -2.31. The van der Waals surface area contributed by atoms with E-state index in [2.05, 4.69) is 24.0 Å². The molecule has 2 aromatic heterocycles. The maximum Gasteiger partial charge on any atom is 0.156 e.